The summed E-state index contributed by atoms with van der Waals surface area (Å²) < 4.78 is 0. The highest BCUT2D eigenvalue weighted by molar-refractivity contribution is 7.99. The summed E-state index contributed by atoms with van der Waals surface area (Å²) in [5.41, 5.74) is 6.32. The van der Waals surface area contributed by atoms with Gasteiger partial charge in [0.15, 0.2) is 5.70 Å². The number of hydrogen-bond donors (Lipinski definition) is 1. The Balaban J connectivity index is 2.46. The van der Waals surface area contributed by atoms with E-state index in [9.17, 15) is 10.1 Å². The number of aliphatic imine (C=N–C) groups is 1. The fraction of sp³-hybridized carbons (Fsp3) is 0.0556. The van der Waals surface area contributed by atoms with E-state index in [1.165, 1.54) is 30.1 Å². The molecule has 128 valence electrons. The number of nitrogens with zero attached hydrogens (tertiary/aromatic N) is 4. The summed E-state index contributed by atoms with van der Waals surface area (Å²) in [6.45, 7) is 1.98. The van der Waals surface area contributed by atoms with Crippen molar-refractivity contribution in [3.8, 4) is 12.1 Å². The highest BCUT2D eigenvalue weighted by atomic mass is 32.2. The molecule has 0 aliphatic carbocycles. The van der Waals surface area contributed by atoms with Crippen molar-refractivity contribution in [2.24, 2.45) is 10.7 Å². The minimum Gasteiger partial charge on any atom is -0.388 e. The summed E-state index contributed by atoms with van der Waals surface area (Å²) in [5, 5.41) is 28.8. The molecule has 0 heterocycles. The maximum absolute atomic E-state index is 11.0. The van der Waals surface area contributed by atoms with E-state index in [0.717, 1.165) is 15.4 Å². The van der Waals surface area contributed by atoms with Crippen LogP contribution in [0.25, 0.3) is 0 Å². The molecule has 0 saturated carbocycles. The Bertz CT molecular complexity index is 982. The minimum absolute atomic E-state index is 0.101. The van der Waals surface area contributed by atoms with Gasteiger partial charge in [-0.25, -0.2) is 4.99 Å². The van der Waals surface area contributed by atoms with Crippen molar-refractivity contribution in [3.63, 3.8) is 0 Å². The number of non-ortho nitro benzene ring substituents is 1. The molecule has 0 aromatic heterocycles. The molecule has 26 heavy (non-hydrogen) atoms. The molecular formula is C18H13N5O2S. The number of hydrogen-bond acceptors (Lipinski definition) is 7. The lowest BCUT2D eigenvalue weighted by atomic mass is 10.2. The number of allylic oxidation sites excluding steroid dienone is 2. The first kappa shape index (κ1) is 18.7. The third-order valence-corrected chi connectivity index (χ3v) is 4.37. The Hall–Kier alpha value is -3.62. The van der Waals surface area contributed by atoms with Crippen LogP contribution in [0, 0.1) is 39.7 Å². The number of nitrogens with two attached hydrogens (primary N) is 1. The van der Waals surface area contributed by atoms with Crippen LogP contribution in [-0.2, 0) is 0 Å². The van der Waals surface area contributed by atoms with Gasteiger partial charge >= 0.3 is 0 Å². The molecule has 0 saturated heterocycles. The molecule has 0 aliphatic rings. The zero-order chi connectivity index (χ0) is 19.1. The van der Waals surface area contributed by atoms with Crippen LogP contribution in [0.1, 0.15) is 11.1 Å². The molecule has 7 nitrogen and oxygen atoms in total. The first-order chi connectivity index (χ1) is 12.4. The molecule has 0 atom stereocenters. The molecule has 2 rings (SSSR count). The van der Waals surface area contributed by atoms with Crippen molar-refractivity contribution in [2.75, 3.05) is 0 Å². The predicted octanol–water partition coefficient (Wildman–Crippen LogP) is 3.69. The Morgan fingerprint density at radius 3 is 2.50 bits per heavy atom. The number of rotatable bonds is 5. The molecule has 2 N–H and O–H groups in total. The van der Waals surface area contributed by atoms with Gasteiger partial charge in [0.2, 0.25) is 0 Å². The van der Waals surface area contributed by atoms with Gasteiger partial charge in [-0.1, -0.05) is 29.5 Å². The highest BCUT2D eigenvalue weighted by Crippen LogP contribution is 2.32. The summed E-state index contributed by atoms with van der Waals surface area (Å²) in [6.07, 6.45) is 1.30. The standard InChI is InChI=1S/C18H13N5O2S/c1-12-2-5-15(6-3-12)26-18-7-4-14(23(24)25)8-13(18)11-22-17(10-20)16(21)9-19/h2-8,11H,21H2,1H3/b17-16-,22-11?. The van der Waals surface area contributed by atoms with E-state index in [0.29, 0.717) is 5.56 Å². The molecule has 2 aromatic rings. The van der Waals surface area contributed by atoms with Crippen LogP contribution in [0.5, 0.6) is 0 Å². The van der Waals surface area contributed by atoms with Crippen LogP contribution >= 0.6 is 11.8 Å². The second-order valence-corrected chi connectivity index (χ2v) is 6.25. The van der Waals surface area contributed by atoms with Gasteiger partial charge in [0.05, 0.1) is 4.92 Å². The first-order valence-electron chi connectivity index (χ1n) is 7.31. The van der Waals surface area contributed by atoms with Gasteiger partial charge in [-0.3, -0.25) is 10.1 Å². The third kappa shape index (κ3) is 4.69. The number of benzene rings is 2. The summed E-state index contributed by atoms with van der Waals surface area (Å²) >= 11 is 1.41. The topological polar surface area (TPSA) is 129 Å². The molecule has 8 heteroatoms. The first-order valence-corrected chi connectivity index (χ1v) is 8.13. The fourth-order valence-electron chi connectivity index (χ4n) is 1.92. The average molecular weight is 363 g/mol. The van der Waals surface area contributed by atoms with E-state index in [1.807, 2.05) is 31.2 Å². The SMILES string of the molecule is Cc1ccc(Sc2ccc([N+](=O)[O-])cc2C=N/C(C#N)=C(\N)C#N)cc1. The van der Waals surface area contributed by atoms with Crippen LogP contribution in [0.3, 0.4) is 0 Å². The van der Waals surface area contributed by atoms with Crippen molar-refractivity contribution in [3.05, 3.63) is 75.1 Å². The Kier molecular flexibility index (Phi) is 6.10. The van der Waals surface area contributed by atoms with E-state index in [1.54, 1.807) is 18.2 Å². The largest absolute Gasteiger partial charge is 0.388 e. The maximum Gasteiger partial charge on any atom is 0.270 e. The number of aryl methyl sites for hydroxylation is 1. The molecule has 0 bridgehead atoms. The van der Waals surface area contributed by atoms with Crippen LogP contribution in [0.4, 0.5) is 5.69 Å². The van der Waals surface area contributed by atoms with Crippen molar-refractivity contribution in [2.45, 2.75) is 16.7 Å². The van der Waals surface area contributed by atoms with Gasteiger partial charge in [0, 0.05) is 33.7 Å². The van der Waals surface area contributed by atoms with Gasteiger partial charge in [-0.15, -0.1) is 0 Å². The molecule has 0 aliphatic heterocycles. The lowest BCUT2D eigenvalue weighted by molar-refractivity contribution is -0.384. The van der Waals surface area contributed by atoms with E-state index in [4.69, 9.17) is 16.3 Å². The fourth-order valence-corrected chi connectivity index (χ4v) is 2.81. The average Bonchev–Trinajstić information content (AvgIpc) is 2.64. The molecule has 0 radical (unpaired) electrons. The van der Waals surface area contributed by atoms with Gasteiger partial charge in [0.1, 0.15) is 17.8 Å². The van der Waals surface area contributed by atoms with Crippen molar-refractivity contribution in [1.29, 1.82) is 10.5 Å². The summed E-state index contributed by atoms with van der Waals surface area (Å²) in [6, 6.07) is 15.6. The summed E-state index contributed by atoms with van der Waals surface area (Å²) in [7, 11) is 0. The lowest BCUT2D eigenvalue weighted by Crippen LogP contribution is -1.98. The highest BCUT2D eigenvalue weighted by Gasteiger charge is 2.11. The third-order valence-electron chi connectivity index (χ3n) is 3.27. The zero-order valence-corrected chi connectivity index (χ0v) is 14.5. The molecular weight excluding hydrogens is 350 g/mol. The number of nitro groups is 1. The van der Waals surface area contributed by atoms with Crippen LogP contribution in [-0.4, -0.2) is 11.1 Å². The van der Waals surface area contributed by atoms with E-state index < -0.39 is 4.92 Å². The van der Waals surface area contributed by atoms with Crippen LogP contribution in [0.2, 0.25) is 0 Å². The Morgan fingerprint density at radius 2 is 1.92 bits per heavy atom. The van der Waals surface area contributed by atoms with Crippen molar-refractivity contribution in [1.82, 2.24) is 0 Å². The molecule has 0 spiro atoms. The van der Waals surface area contributed by atoms with Gasteiger partial charge in [-0.2, -0.15) is 10.5 Å². The molecule has 0 unspecified atom stereocenters. The van der Waals surface area contributed by atoms with Crippen molar-refractivity contribution >= 4 is 23.7 Å². The normalized spacial score (nSPS) is 11.5. The predicted molar refractivity (Wildman–Crippen MR) is 98.4 cm³/mol. The van der Waals surface area contributed by atoms with Crippen molar-refractivity contribution < 1.29 is 4.92 Å². The summed E-state index contributed by atoms with van der Waals surface area (Å²) in [5.74, 6) is 0. The van der Waals surface area contributed by atoms with E-state index in [2.05, 4.69) is 4.99 Å². The Morgan fingerprint density at radius 1 is 1.23 bits per heavy atom. The van der Waals surface area contributed by atoms with E-state index in [-0.39, 0.29) is 17.1 Å². The monoisotopic (exact) mass is 363 g/mol. The zero-order valence-electron chi connectivity index (χ0n) is 13.7. The number of nitriles is 2. The van der Waals surface area contributed by atoms with Gasteiger partial charge < -0.3 is 5.73 Å². The Labute approximate surface area is 154 Å². The van der Waals surface area contributed by atoms with Gasteiger partial charge in [-0.05, 0) is 25.1 Å². The minimum atomic E-state index is -0.512. The smallest absolute Gasteiger partial charge is 0.270 e. The second-order valence-electron chi connectivity index (χ2n) is 5.14. The van der Waals surface area contributed by atoms with Crippen LogP contribution < -0.4 is 5.73 Å². The second kappa shape index (κ2) is 8.47. The van der Waals surface area contributed by atoms with E-state index >= 15 is 0 Å². The molecule has 0 fully saturated rings. The molecule has 2 aromatic carbocycles. The number of nitro benzene ring substituents is 1. The summed E-state index contributed by atoms with van der Waals surface area (Å²) in [4.78, 5) is 16.1. The van der Waals surface area contributed by atoms with Crippen LogP contribution in [0.15, 0.2) is 68.6 Å². The maximum atomic E-state index is 11.0. The quantitative estimate of drug-likeness (QED) is 0.373. The molecule has 0 amide bonds. The van der Waals surface area contributed by atoms with Gasteiger partial charge in [0.25, 0.3) is 5.69 Å². The lowest BCUT2D eigenvalue weighted by Gasteiger charge is -2.06.